The number of hydrogen-bond donors (Lipinski definition) is 1. The summed E-state index contributed by atoms with van der Waals surface area (Å²) in [4.78, 5) is 11.0. The third-order valence-corrected chi connectivity index (χ3v) is 2.15. The molecule has 0 heterocycles. The van der Waals surface area contributed by atoms with E-state index in [9.17, 15) is 4.79 Å². The molecular formula is C13H17NO2. The van der Waals surface area contributed by atoms with Crippen LogP contribution in [0.5, 0.6) is 5.75 Å². The first-order chi connectivity index (χ1) is 7.77. The molecule has 0 bridgehead atoms. The van der Waals surface area contributed by atoms with E-state index < -0.39 is 0 Å². The second-order valence-electron chi connectivity index (χ2n) is 3.29. The van der Waals surface area contributed by atoms with Crippen molar-refractivity contribution in [1.82, 2.24) is 5.32 Å². The second kappa shape index (κ2) is 6.67. The van der Waals surface area contributed by atoms with E-state index in [-0.39, 0.29) is 5.91 Å². The number of para-hydroxylation sites is 1. The van der Waals surface area contributed by atoms with Gasteiger partial charge in [0.2, 0.25) is 5.91 Å². The Bertz CT molecular complexity index is 361. The maximum Gasteiger partial charge on any atom is 0.243 e. The maximum absolute atomic E-state index is 11.0. The van der Waals surface area contributed by atoms with Crippen LogP contribution in [0, 0.1) is 0 Å². The van der Waals surface area contributed by atoms with E-state index in [0.29, 0.717) is 13.2 Å². The molecule has 0 atom stereocenters. The number of hydrogen-bond acceptors (Lipinski definition) is 2. The lowest BCUT2D eigenvalue weighted by Gasteiger charge is -2.09. The third kappa shape index (κ3) is 3.77. The molecule has 0 saturated heterocycles. The van der Waals surface area contributed by atoms with Gasteiger partial charge in [-0.05, 0) is 31.1 Å². The summed E-state index contributed by atoms with van der Waals surface area (Å²) < 4.78 is 5.49. The molecule has 1 N–H and O–H groups in total. The molecule has 1 amide bonds. The molecule has 1 aromatic carbocycles. The Morgan fingerprint density at radius 1 is 1.50 bits per heavy atom. The van der Waals surface area contributed by atoms with Gasteiger partial charge in [-0.25, -0.2) is 0 Å². The predicted molar refractivity (Wildman–Crippen MR) is 64.5 cm³/mol. The van der Waals surface area contributed by atoms with Crippen LogP contribution in [0.4, 0.5) is 0 Å². The molecule has 0 fully saturated rings. The summed E-state index contributed by atoms with van der Waals surface area (Å²) in [6.07, 6.45) is 2.03. The van der Waals surface area contributed by atoms with Crippen molar-refractivity contribution < 1.29 is 9.53 Å². The van der Waals surface area contributed by atoms with Gasteiger partial charge < -0.3 is 10.1 Å². The van der Waals surface area contributed by atoms with Gasteiger partial charge in [0.25, 0.3) is 0 Å². The van der Waals surface area contributed by atoms with Gasteiger partial charge in [-0.2, -0.15) is 0 Å². The van der Waals surface area contributed by atoms with E-state index in [1.54, 1.807) is 0 Å². The van der Waals surface area contributed by atoms with E-state index in [2.05, 4.69) is 11.9 Å². The maximum atomic E-state index is 11.0. The van der Waals surface area contributed by atoms with Crippen LogP contribution in [0.1, 0.15) is 12.5 Å². The highest BCUT2D eigenvalue weighted by Gasteiger charge is 2.02. The molecule has 16 heavy (non-hydrogen) atoms. The van der Waals surface area contributed by atoms with Gasteiger partial charge >= 0.3 is 0 Å². The van der Waals surface area contributed by atoms with Crippen LogP contribution >= 0.6 is 0 Å². The zero-order chi connectivity index (χ0) is 11.8. The average Bonchev–Trinajstić information content (AvgIpc) is 2.31. The highest BCUT2D eigenvalue weighted by atomic mass is 16.5. The van der Waals surface area contributed by atoms with Crippen molar-refractivity contribution in [2.45, 2.75) is 13.3 Å². The van der Waals surface area contributed by atoms with Crippen molar-refractivity contribution in [3.05, 3.63) is 42.5 Å². The molecule has 0 radical (unpaired) electrons. The first-order valence-corrected chi connectivity index (χ1v) is 5.39. The molecule has 0 spiro atoms. The summed E-state index contributed by atoms with van der Waals surface area (Å²) in [5, 5.41) is 2.74. The lowest BCUT2D eigenvalue weighted by atomic mass is 10.1. The number of amides is 1. The van der Waals surface area contributed by atoms with Crippen LogP contribution in [-0.4, -0.2) is 19.1 Å². The summed E-state index contributed by atoms with van der Waals surface area (Å²) in [6, 6.07) is 7.85. The molecule has 0 aliphatic carbocycles. The van der Waals surface area contributed by atoms with Gasteiger partial charge in [0.05, 0.1) is 6.61 Å². The number of benzene rings is 1. The number of ether oxygens (including phenoxy) is 1. The highest BCUT2D eigenvalue weighted by molar-refractivity contribution is 5.86. The molecule has 0 aromatic heterocycles. The van der Waals surface area contributed by atoms with Crippen molar-refractivity contribution in [2.24, 2.45) is 0 Å². The minimum atomic E-state index is -0.145. The number of nitrogens with one attached hydrogen (secondary N) is 1. The molecule has 0 aliphatic heterocycles. The molecular weight excluding hydrogens is 202 g/mol. The Hall–Kier alpha value is -1.77. The van der Waals surface area contributed by atoms with E-state index in [4.69, 9.17) is 4.74 Å². The SMILES string of the molecule is C=CC(=O)NCCc1ccccc1OCC. The zero-order valence-electron chi connectivity index (χ0n) is 9.53. The van der Waals surface area contributed by atoms with Gasteiger partial charge in [-0.1, -0.05) is 24.8 Å². The Labute approximate surface area is 96.1 Å². The van der Waals surface area contributed by atoms with Crippen LogP contribution in [-0.2, 0) is 11.2 Å². The van der Waals surface area contributed by atoms with Crippen molar-refractivity contribution in [3.8, 4) is 5.75 Å². The third-order valence-electron chi connectivity index (χ3n) is 2.15. The Kier molecular flexibility index (Phi) is 5.12. The fourth-order valence-electron chi connectivity index (χ4n) is 1.40. The van der Waals surface area contributed by atoms with E-state index in [0.717, 1.165) is 17.7 Å². The van der Waals surface area contributed by atoms with Gasteiger partial charge in [-0.3, -0.25) is 4.79 Å². The largest absolute Gasteiger partial charge is 0.494 e. The quantitative estimate of drug-likeness (QED) is 0.742. The van der Waals surface area contributed by atoms with Crippen LogP contribution in [0.15, 0.2) is 36.9 Å². The molecule has 1 rings (SSSR count). The van der Waals surface area contributed by atoms with Crippen molar-refractivity contribution in [1.29, 1.82) is 0 Å². The van der Waals surface area contributed by atoms with Crippen molar-refractivity contribution >= 4 is 5.91 Å². The number of carbonyl (C=O) groups excluding carboxylic acids is 1. The van der Waals surface area contributed by atoms with Crippen molar-refractivity contribution in [2.75, 3.05) is 13.2 Å². The average molecular weight is 219 g/mol. The van der Waals surface area contributed by atoms with Crippen LogP contribution in [0.3, 0.4) is 0 Å². The monoisotopic (exact) mass is 219 g/mol. The Morgan fingerprint density at radius 2 is 2.25 bits per heavy atom. The first kappa shape index (κ1) is 12.3. The molecule has 0 aliphatic rings. The standard InChI is InChI=1S/C13H17NO2/c1-3-13(15)14-10-9-11-7-5-6-8-12(11)16-4-2/h3,5-8H,1,4,9-10H2,2H3,(H,14,15). The normalized spacial score (nSPS) is 9.56. The smallest absolute Gasteiger partial charge is 0.243 e. The molecule has 1 aromatic rings. The molecule has 0 unspecified atom stereocenters. The van der Waals surface area contributed by atoms with Crippen molar-refractivity contribution in [3.63, 3.8) is 0 Å². The molecule has 86 valence electrons. The summed E-state index contributed by atoms with van der Waals surface area (Å²) in [6.45, 7) is 6.59. The lowest BCUT2D eigenvalue weighted by Crippen LogP contribution is -2.23. The van der Waals surface area contributed by atoms with Gasteiger partial charge in [0.1, 0.15) is 5.75 Å². The molecule has 3 nitrogen and oxygen atoms in total. The second-order valence-corrected chi connectivity index (χ2v) is 3.29. The molecule has 0 saturated carbocycles. The van der Waals surface area contributed by atoms with E-state index in [1.165, 1.54) is 6.08 Å². The van der Waals surface area contributed by atoms with Gasteiger partial charge in [-0.15, -0.1) is 0 Å². The minimum Gasteiger partial charge on any atom is -0.494 e. The van der Waals surface area contributed by atoms with E-state index >= 15 is 0 Å². The topological polar surface area (TPSA) is 38.3 Å². The number of rotatable bonds is 6. The van der Waals surface area contributed by atoms with Gasteiger partial charge in [0.15, 0.2) is 0 Å². The predicted octanol–water partition coefficient (Wildman–Crippen LogP) is 1.93. The fraction of sp³-hybridized carbons (Fsp3) is 0.308. The summed E-state index contributed by atoms with van der Waals surface area (Å²) >= 11 is 0. The summed E-state index contributed by atoms with van der Waals surface area (Å²) in [5.74, 6) is 0.742. The van der Waals surface area contributed by atoms with Crippen LogP contribution < -0.4 is 10.1 Å². The van der Waals surface area contributed by atoms with Crippen LogP contribution in [0.25, 0.3) is 0 Å². The van der Waals surface area contributed by atoms with E-state index in [1.807, 2.05) is 31.2 Å². The zero-order valence-corrected chi connectivity index (χ0v) is 9.53. The first-order valence-electron chi connectivity index (χ1n) is 5.39. The highest BCUT2D eigenvalue weighted by Crippen LogP contribution is 2.17. The van der Waals surface area contributed by atoms with Gasteiger partial charge in [0, 0.05) is 6.54 Å². The summed E-state index contributed by atoms with van der Waals surface area (Å²) in [5.41, 5.74) is 1.11. The lowest BCUT2D eigenvalue weighted by molar-refractivity contribution is -0.116. The molecule has 3 heteroatoms. The number of carbonyl (C=O) groups is 1. The Morgan fingerprint density at radius 3 is 2.94 bits per heavy atom. The Balaban J connectivity index is 2.52. The fourth-order valence-corrected chi connectivity index (χ4v) is 1.40. The minimum absolute atomic E-state index is 0.145. The summed E-state index contributed by atoms with van der Waals surface area (Å²) in [7, 11) is 0. The van der Waals surface area contributed by atoms with Crippen LogP contribution in [0.2, 0.25) is 0 Å².